The summed E-state index contributed by atoms with van der Waals surface area (Å²) in [6, 6.07) is 3.83. The van der Waals surface area contributed by atoms with E-state index in [1.807, 2.05) is 12.1 Å². The van der Waals surface area contributed by atoms with Crippen molar-refractivity contribution in [2.24, 2.45) is 0 Å². The molecule has 0 radical (unpaired) electrons. The maximum absolute atomic E-state index is 15.7. The molecule has 0 bridgehead atoms. The maximum Gasteiger partial charge on any atom is 0.416 e. The van der Waals surface area contributed by atoms with Crippen LogP contribution < -0.4 is 10.6 Å². The Hall–Kier alpha value is -3.28. The average molecular weight is 555 g/mol. The highest BCUT2D eigenvalue weighted by molar-refractivity contribution is 5.96. The first kappa shape index (κ1) is 28.7. The number of halogens is 5. The van der Waals surface area contributed by atoms with E-state index in [9.17, 15) is 32.3 Å². The molecule has 39 heavy (non-hydrogen) atoms. The molecule has 0 aliphatic carbocycles. The first-order valence-corrected chi connectivity index (χ1v) is 13.0. The number of hydrogen-bond donors (Lipinski definition) is 3. The largest absolute Gasteiger partial charge is 0.480 e. The lowest BCUT2D eigenvalue weighted by Crippen LogP contribution is -2.48. The van der Waals surface area contributed by atoms with Crippen LogP contribution in [-0.2, 0) is 23.8 Å². The third kappa shape index (κ3) is 7.65. The van der Waals surface area contributed by atoms with Crippen LogP contribution in [0.5, 0.6) is 0 Å². The minimum atomic E-state index is -4.87. The van der Waals surface area contributed by atoms with Gasteiger partial charge >= 0.3 is 12.1 Å². The van der Waals surface area contributed by atoms with Crippen molar-refractivity contribution >= 4 is 17.7 Å². The Morgan fingerprint density at radius 2 is 2.00 bits per heavy atom. The van der Waals surface area contributed by atoms with E-state index < -0.39 is 46.7 Å². The van der Waals surface area contributed by atoms with Crippen molar-refractivity contribution in [2.45, 2.75) is 62.8 Å². The number of hydrogen-bond acceptors (Lipinski definition) is 5. The molecule has 2 aliphatic rings. The van der Waals surface area contributed by atoms with Crippen LogP contribution in [0, 0.1) is 5.82 Å². The quantitative estimate of drug-likeness (QED) is 0.392. The van der Waals surface area contributed by atoms with Gasteiger partial charge in [0.15, 0.2) is 0 Å². The van der Waals surface area contributed by atoms with E-state index in [0.29, 0.717) is 37.9 Å². The summed E-state index contributed by atoms with van der Waals surface area (Å²) < 4.78 is 68.3. The van der Waals surface area contributed by atoms with Gasteiger partial charge in [-0.1, -0.05) is 6.07 Å². The number of alkyl halides is 4. The number of likely N-dealkylation sites (tertiary alicyclic amines) is 1. The number of nitrogens with zero attached hydrogens (tertiary/aromatic N) is 2. The second-order valence-corrected chi connectivity index (χ2v) is 10.3. The minimum absolute atomic E-state index is 0.0926. The Labute approximate surface area is 222 Å². The second-order valence-electron chi connectivity index (χ2n) is 10.3. The molecular formula is C27H31F5N4O3. The fourth-order valence-electron chi connectivity index (χ4n) is 5.13. The van der Waals surface area contributed by atoms with Gasteiger partial charge < -0.3 is 20.6 Å². The minimum Gasteiger partial charge on any atom is -0.480 e. The maximum atomic E-state index is 15.7. The number of aliphatic carboxylic acids is 1. The predicted octanol–water partition coefficient (Wildman–Crippen LogP) is 4.61. The Morgan fingerprint density at radius 1 is 1.21 bits per heavy atom. The van der Waals surface area contributed by atoms with Gasteiger partial charge in [0.1, 0.15) is 23.3 Å². The Kier molecular flexibility index (Phi) is 8.73. The van der Waals surface area contributed by atoms with Crippen LogP contribution in [0.15, 0.2) is 30.3 Å². The molecular weight excluding hydrogens is 523 g/mol. The van der Waals surface area contributed by atoms with Crippen LogP contribution in [0.1, 0.15) is 59.3 Å². The van der Waals surface area contributed by atoms with Crippen LogP contribution in [0.3, 0.4) is 0 Å². The van der Waals surface area contributed by atoms with Crippen LogP contribution in [0.4, 0.5) is 27.8 Å². The number of aryl methyl sites for hydroxylation is 2. The second kappa shape index (κ2) is 11.8. The summed E-state index contributed by atoms with van der Waals surface area (Å²) in [6.07, 6.45) is -1.30. The van der Waals surface area contributed by atoms with E-state index in [4.69, 9.17) is 0 Å². The highest BCUT2D eigenvalue weighted by Gasteiger charge is 2.36. The molecule has 7 nitrogen and oxygen atoms in total. The number of fused-ring (bicyclic) bond motifs is 1. The molecule has 0 saturated carbocycles. The van der Waals surface area contributed by atoms with Gasteiger partial charge in [0.2, 0.25) is 0 Å². The van der Waals surface area contributed by atoms with Crippen LogP contribution >= 0.6 is 0 Å². The topological polar surface area (TPSA) is 94.6 Å². The molecule has 212 valence electrons. The third-order valence-electron chi connectivity index (χ3n) is 7.21. The summed E-state index contributed by atoms with van der Waals surface area (Å²) in [5.74, 6) is -2.95. The lowest BCUT2D eigenvalue weighted by atomic mass is 9.89. The zero-order valence-corrected chi connectivity index (χ0v) is 21.3. The molecule has 2 aromatic rings. The number of carbonyl (C=O) groups excluding carboxylic acids is 1. The first-order chi connectivity index (χ1) is 18.4. The monoisotopic (exact) mass is 554 g/mol. The zero-order chi connectivity index (χ0) is 28.2. The van der Waals surface area contributed by atoms with Crippen molar-refractivity contribution in [3.63, 3.8) is 0 Å². The number of anilines is 1. The molecule has 0 unspecified atom stereocenters. The number of pyridine rings is 1. The van der Waals surface area contributed by atoms with E-state index in [1.165, 1.54) is 0 Å². The predicted molar refractivity (Wildman–Crippen MR) is 134 cm³/mol. The van der Waals surface area contributed by atoms with E-state index in [-0.39, 0.29) is 32.0 Å². The molecule has 1 fully saturated rings. The van der Waals surface area contributed by atoms with Gasteiger partial charge in [-0.2, -0.15) is 13.2 Å². The summed E-state index contributed by atoms with van der Waals surface area (Å²) in [4.78, 5) is 30.6. The molecule has 2 atom stereocenters. The number of carboxylic acid groups (broad SMARTS) is 1. The molecule has 4 rings (SSSR count). The van der Waals surface area contributed by atoms with Crippen LogP contribution in [0.25, 0.3) is 0 Å². The van der Waals surface area contributed by atoms with Gasteiger partial charge in [0.05, 0.1) is 5.56 Å². The normalized spacial score (nSPS) is 20.5. The van der Waals surface area contributed by atoms with Crippen LogP contribution in [-0.4, -0.2) is 64.8 Å². The van der Waals surface area contributed by atoms with Crippen LogP contribution in [0.2, 0.25) is 0 Å². The van der Waals surface area contributed by atoms with E-state index in [0.717, 1.165) is 36.5 Å². The highest BCUT2D eigenvalue weighted by Crippen LogP contribution is 2.32. The number of amides is 1. The Morgan fingerprint density at radius 3 is 2.74 bits per heavy atom. The van der Waals surface area contributed by atoms with Crippen molar-refractivity contribution < 1.29 is 36.6 Å². The molecule has 12 heteroatoms. The van der Waals surface area contributed by atoms with E-state index >= 15 is 4.39 Å². The SMILES string of the molecule is O=C(N[C@@H](CCN1CCC[C@@](F)(CCc2ccc3c(n2)NCCC3)C1)C(=O)O)c1cc(F)cc(C(F)(F)F)c1. The average Bonchev–Trinajstić information content (AvgIpc) is 2.88. The third-order valence-corrected chi connectivity index (χ3v) is 7.21. The molecule has 1 aromatic carbocycles. The number of benzene rings is 1. The summed E-state index contributed by atoms with van der Waals surface area (Å²) in [7, 11) is 0. The molecule has 1 amide bonds. The summed E-state index contributed by atoms with van der Waals surface area (Å²) in [6.45, 7) is 1.65. The number of rotatable bonds is 9. The number of piperidine rings is 1. The number of carboxylic acids is 1. The fraction of sp³-hybridized carbons (Fsp3) is 0.519. The smallest absolute Gasteiger partial charge is 0.416 e. The molecule has 0 spiro atoms. The first-order valence-electron chi connectivity index (χ1n) is 13.0. The lowest BCUT2D eigenvalue weighted by Gasteiger charge is -2.38. The van der Waals surface area contributed by atoms with Crippen molar-refractivity contribution in [1.82, 2.24) is 15.2 Å². The molecule has 3 N–H and O–H groups in total. The lowest BCUT2D eigenvalue weighted by molar-refractivity contribution is -0.140. The van der Waals surface area contributed by atoms with Gasteiger partial charge in [-0.05, 0) is 81.3 Å². The Balaban J connectivity index is 1.32. The summed E-state index contributed by atoms with van der Waals surface area (Å²) in [5, 5.41) is 15.0. The molecule has 1 aromatic heterocycles. The van der Waals surface area contributed by atoms with E-state index in [1.54, 1.807) is 4.90 Å². The number of nitrogens with one attached hydrogen (secondary N) is 2. The zero-order valence-electron chi connectivity index (χ0n) is 21.3. The number of aromatic nitrogens is 1. The summed E-state index contributed by atoms with van der Waals surface area (Å²) >= 11 is 0. The Bertz CT molecular complexity index is 1210. The van der Waals surface area contributed by atoms with Gasteiger partial charge in [-0.25, -0.2) is 18.6 Å². The van der Waals surface area contributed by atoms with Crippen molar-refractivity contribution in [3.05, 3.63) is 58.5 Å². The molecule has 3 heterocycles. The summed E-state index contributed by atoms with van der Waals surface area (Å²) in [5.41, 5.74) is -1.52. The highest BCUT2D eigenvalue weighted by atomic mass is 19.4. The van der Waals surface area contributed by atoms with Crippen molar-refractivity contribution in [1.29, 1.82) is 0 Å². The fourth-order valence-corrected chi connectivity index (χ4v) is 5.13. The molecule has 1 saturated heterocycles. The van der Waals surface area contributed by atoms with Crippen molar-refractivity contribution in [2.75, 3.05) is 31.5 Å². The standard InChI is InChI=1S/C27H31F5N4O3/c28-20-14-18(13-19(15-20)27(30,31)32)24(37)35-22(25(38)39)7-12-36-11-2-8-26(29,16-36)9-6-21-5-4-17-3-1-10-33-23(17)34-21/h4-5,13-15,22H,1-3,6-12,16H2,(H,33,34)(H,35,37)(H,38,39)/t22-,26+/m0/s1. The van der Waals surface area contributed by atoms with Crippen molar-refractivity contribution in [3.8, 4) is 0 Å². The van der Waals surface area contributed by atoms with Gasteiger partial charge in [-0.3, -0.25) is 4.79 Å². The van der Waals surface area contributed by atoms with Gasteiger partial charge in [-0.15, -0.1) is 0 Å². The number of carbonyl (C=O) groups is 2. The molecule has 2 aliphatic heterocycles. The van der Waals surface area contributed by atoms with Gasteiger partial charge in [0.25, 0.3) is 5.91 Å². The van der Waals surface area contributed by atoms with E-state index in [2.05, 4.69) is 15.6 Å². The van der Waals surface area contributed by atoms with Gasteiger partial charge in [0, 0.05) is 30.9 Å².